The summed E-state index contributed by atoms with van der Waals surface area (Å²) in [5.74, 6) is 1.30. The normalized spacial score (nSPS) is 17.9. The predicted octanol–water partition coefficient (Wildman–Crippen LogP) is 0.575. The molecule has 0 aliphatic carbocycles. The number of aromatic nitrogens is 3. The first-order valence-corrected chi connectivity index (χ1v) is 6.58. The molecule has 0 atom stereocenters. The smallest absolute Gasteiger partial charge is 0.290 e. The number of aromatic amines is 1. The molecule has 100 valence electrons. The lowest BCUT2D eigenvalue weighted by atomic mass is 9.97. The molecule has 2 N–H and O–H groups in total. The van der Waals surface area contributed by atoms with Gasteiger partial charge in [0.25, 0.3) is 5.91 Å². The fourth-order valence-corrected chi connectivity index (χ4v) is 2.27. The third-order valence-electron chi connectivity index (χ3n) is 3.51. The molecule has 1 fully saturated rings. The molecular weight excluding hydrogens is 230 g/mol. The lowest BCUT2D eigenvalue weighted by Gasteiger charge is -2.30. The Bertz CT molecular complexity index is 395. The first-order chi connectivity index (χ1) is 8.69. The quantitative estimate of drug-likeness (QED) is 0.820. The van der Waals surface area contributed by atoms with Crippen LogP contribution in [0, 0.1) is 12.8 Å². The van der Waals surface area contributed by atoms with Crippen LogP contribution in [0.15, 0.2) is 0 Å². The Balaban J connectivity index is 1.74. The van der Waals surface area contributed by atoms with Gasteiger partial charge in [-0.05, 0) is 45.3 Å². The van der Waals surface area contributed by atoms with Crippen LogP contribution in [0.25, 0.3) is 0 Å². The number of rotatable bonds is 4. The van der Waals surface area contributed by atoms with Crippen LogP contribution in [0.4, 0.5) is 0 Å². The molecule has 0 spiro atoms. The number of H-pyrrole nitrogens is 1. The highest BCUT2D eigenvalue weighted by atomic mass is 16.2. The summed E-state index contributed by atoms with van der Waals surface area (Å²) < 4.78 is 0. The number of aryl methyl sites for hydroxylation is 1. The zero-order valence-electron chi connectivity index (χ0n) is 11.1. The Labute approximate surface area is 107 Å². The third-order valence-corrected chi connectivity index (χ3v) is 3.51. The standard InChI is InChI=1S/C12H21N5O/c1-3-17-6-4-10(5-7-17)8-13-12(18)11-14-9(2)15-16-11/h10H,3-8H2,1-2H3,(H,13,18)(H,14,15,16). The number of hydrogen-bond donors (Lipinski definition) is 2. The molecule has 1 aliphatic rings. The van der Waals surface area contributed by atoms with Crippen LogP contribution in [0.3, 0.4) is 0 Å². The predicted molar refractivity (Wildman–Crippen MR) is 68.3 cm³/mol. The molecule has 0 saturated carbocycles. The van der Waals surface area contributed by atoms with Crippen molar-refractivity contribution in [3.8, 4) is 0 Å². The van der Waals surface area contributed by atoms with Gasteiger partial charge in [0, 0.05) is 6.54 Å². The maximum atomic E-state index is 11.8. The number of likely N-dealkylation sites (tertiary alicyclic amines) is 1. The molecule has 0 unspecified atom stereocenters. The second-order valence-electron chi connectivity index (χ2n) is 4.83. The van der Waals surface area contributed by atoms with E-state index in [0.29, 0.717) is 11.7 Å². The molecule has 2 rings (SSSR count). The zero-order chi connectivity index (χ0) is 13.0. The van der Waals surface area contributed by atoms with Crippen molar-refractivity contribution in [2.24, 2.45) is 5.92 Å². The van der Waals surface area contributed by atoms with Gasteiger partial charge in [-0.1, -0.05) is 6.92 Å². The minimum Gasteiger partial charge on any atom is -0.349 e. The summed E-state index contributed by atoms with van der Waals surface area (Å²) in [6, 6.07) is 0. The SMILES string of the molecule is CCN1CCC(CNC(=O)c2n[nH]c(C)n2)CC1. The van der Waals surface area contributed by atoms with E-state index in [4.69, 9.17) is 0 Å². The summed E-state index contributed by atoms with van der Waals surface area (Å²) in [5.41, 5.74) is 0. The van der Waals surface area contributed by atoms with E-state index < -0.39 is 0 Å². The first-order valence-electron chi connectivity index (χ1n) is 6.58. The van der Waals surface area contributed by atoms with Gasteiger partial charge in [0.15, 0.2) is 0 Å². The van der Waals surface area contributed by atoms with Crippen molar-refractivity contribution in [2.75, 3.05) is 26.2 Å². The summed E-state index contributed by atoms with van der Waals surface area (Å²) in [6.07, 6.45) is 2.31. The number of carbonyl (C=O) groups excluding carboxylic acids is 1. The second kappa shape index (κ2) is 5.95. The molecule has 1 saturated heterocycles. The highest BCUT2D eigenvalue weighted by Crippen LogP contribution is 2.15. The molecule has 1 aromatic heterocycles. The molecule has 0 aromatic carbocycles. The van der Waals surface area contributed by atoms with Gasteiger partial charge in [0.1, 0.15) is 5.82 Å². The van der Waals surface area contributed by atoms with Gasteiger partial charge in [-0.25, -0.2) is 4.98 Å². The summed E-state index contributed by atoms with van der Waals surface area (Å²) in [4.78, 5) is 18.2. The Morgan fingerprint density at radius 2 is 2.22 bits per heavy atom. The second-order valence-corrected chi connectivity index (χ2v) is 4.83. The fourth-order valence-electron chi connectivity index (χ4n) is 2.27. The molecule has 18 heavy (non-hydrogen) atoms. The minimum absolute atomic E-state index is 0.183. The maximum absolute atomic E-state index is 11.8. The molecule has 6 heteroatoms. The van der Waals surface area contributed by atoms with Crippen molar-refractivity contribution in [1.29, 1.82) is 0 Å². The van der Waals surface area contributed by atoms with E-state index >= 15 is 0 Å². The van der Waals surface area contributed by atoms with Crippen molar-refractivity contribution in [3.05, 3.63) is 11.6 Å². The van der Waals surface area contributed by atoms with E-state index in [1.54, 1.807) is 6.92 Å². The molecule has 0 bridgehead atoms. The van der Waals surface area contributed by atoms with Gasteiger partial charge in [0.05, 0.1) is 0 Å². The highest BCUT2D eigenvalue weighted by Gasteiger charge is 2.19. The molecule has 0 radical (unpaired) electrons. The summed E-state index contributed by atoms with van der Waals surface area (Å²) >= 11 is 0. The highest BCUT2D eigenvalue weighted by molar-refractivity contribution is 5.90. The van der Waals surface area contributed by atoms with E-state index in [9.17, 15) is 4.79 Å². The molecule has 1 amide bonds. The molecule has 1 aliphatic heterocycles. The molecule has 1 aromatic rings. The summed E-state index contributed by atoms with van der Waals surface area (Å²) in [5, 5.41) is 9.43. The van der Waals surface area contributed by atoms with Gasteiger partial charge in [-0.3, -0.25) is 9.89 Å². The Kier molecular flexibility index (Phi) is 4.30. The lowest BCUT2D eigenvalue weighted by molar-refractivity contribution is 0.0927. The lowest BCUT2D eigenvalue weighted by Crippen LogP contribution is -2.38. The zero-order valence-corrected chi connectivity index (χ0v) is 11.1. The van der Waals surface area contributed by atoms with Crippen LogP contribution in [0.2, 0.25) is 0 Å². The molecule has 6 nitrogen and oxygen atoms in total. The number of amides is 1. The Hall–Kier alpha value is -1.43. The molecular formula is C12H21N5O. The largest absolute Gasteiger partial charge is 0.349 e. The van der Waals surface area contributed by atoms with Gasteiger partial charge in [-0.2, -0.15) is 0 Å². The van der Waals surface area contributed by atoms with Crippen molar-refractivity contribution in [3.63, 3.8) is 0 Å². The van der Waals surface area contributed by atoms with Gasteiger partial charge >= 0.3 is 0 Å². The number of nitrogens with one attached hydrogen (secondary N) is 2. The average molecular weight is 251 g/mol. The summed E-state index contributed by atoms with van der Waals surface area (Å²) in [7, 11) is 0. The van der Waals surface area contributed by atoms with Gasteiger partial charge < -0.3 is 10.2 Å². The average Bonchev–Trinajstić information content (AvgIpc) is 2.83. The summed E-state index contributed by atoms with van der Waals surface area (Å²) in [6.45, 7) is 8.09. The van der Waals surface area contributed by atoms with Gasteiger partial charge in [-0.15, -0.1) is 5.10 Å². The van der Waals surface area contributed by atoms with Crippen LogP contribution >= 0.6 is 0 Å². The van der Waals surface area contributed by atoms with Crippen LogP contribution < -0.4 is 5.32 Å². The minimum atomic E-state index is -0.183. The van der Waals surface area contributed by atoms with E-state index in [0.717, 1.165) is 39.0 Å². The molecule has 2 heterocycles. The number of carbonyl (C=O) groups is 1. The third kappa shape index (κ3) is 3.29. The number of piperidine rings is 1. The van der Waals surface area contributed by atoms with Crippen molar-refractivity contribution < 1.29 is 4.79 Å². The van der Waals surface area contributed by atoms with Crippen molar-refractivity contribution in [1.82, 2.24) is 25.4 Å². The fraction of sp³-hybridized carbons (Fsp3) is 0.750. The number of nitrogens with zero attached hydrogens (tertiary/aromatic N) is 3. The van der Waals surface area contributed by atoms with Crippen molar-refractivity contribution in [2.45, 2.75) is 26.7 Å². The van der Waals surface area contributed by atoms with E-state index in [1.807, 2.05) is 0 Å². The van der Waals surface area contributed by atoms with Gasteiger partial charge in [0.2, 0.25) is 5.82 Å². The Morgan fingerprint density at radius 3 is 2.78 bits per heavy atom. The number of hydrogen-bond acceptors (Lipinski definition) is 4. The monoisotopic (exact) mass is 251 g/mol. The van der Waals surface area contributed by atoms with E-state index in [-0.39, 0.29) is 11.7 Å². The Morgan fingerprint density at radius 1 is 1.50 bits per heavy atom. The van der Waals surface area contributed by atoms with Crippen LogP contribution in [-0.2, 0) is 0 Å². The first kappa shape index (κ1) is 13.0. The van der Waals surface area contributed by atoms with Crippen LogP contribution in [0.1, 0.15) is 36.2 Å². The van der Waals surface area contributed by atoms with Crippen LogP contribution in [0.5, 0.6) is 0 Å². The topological polar surface area (TPSA) is 73.9 Å². The van der Waals surface area contributed by atoms with E-state index in [1.165, 1.54) is 0 Å². The van der Waals surface area contributed by atoms with Crippen molar-refractivity contribution >= 4 is 5.91 Å². The van der Waals surface area contributed by atoms with Crippen LogP contribution in [-0.4, -0.2) is 52.2 Å². The maximum Gasteiger partial charge on any atom is 0.290 e. The van der Waals surface area contributed by atoms with E-state index in [2.05, 4.69) is 32.3 Å².